The average molecular weight is 312 g/mol. The smallest absolute Gasteiger partial charge is 0.240 e. The van der Waals surface area contributed by atoms with Crippen LogP contribution in [-0.2, 0) is 10.0 Å². The monoisotopic (exact) mass is 312 g/mol. The Hall–Kier alpha value is -0.980. The van der Waals surface area contributed by atoms with Gasteiger partial charge in [0.1, 0.15) is 4.99 Å². The molecule has 20 heavy (non-hydrogen) atoms. The molecule has 4 nitrogen and oxygen atoms in total. The SMILES string of the molecule is CC1CCC(NS(=O)(=O)c2ccc(C(N)=S)cc2)CC1. The van der Waals surface area contributed by atoms with Crippen molar-refractivity contribution in [1.82, 2.24) is 4.72 Å². The molecule has 2 rings (SSSR count). The van der Waals surface area contributed by atoms with E-state index in [1.54, 1.807) is 24.3 Å². The first-order valence-electron chi connectivity index (χ1n) is 6.80. The van der Waals surface area contributed by atoms with E-state index < -0.39 is 10.0 Å². The second-order valence-electron chi connectivity index (χ2n) is 5.47. The molecule has 0 aromatic heterocycles. The lowest BCUT2D eigenvalue weighted by atomic mass is 9.88. The number of rotatable bonds is 4. The summed E-state index contributed by atoms with van der Waals surface area (Å²) in [6.07, 6.45) is 3.97. The highest BCUT2D eigenvalue weighted by atomic mass is 32.2. The molecule has 0 bridgehead atoms. The largest absolute Gasteiger partial charge is 0.389 e. The van der Waals surface area contributed by atoms with Crippen molar-refractivity contribution >= 4 is 27.2 Å². The Balaban J connectivity index is 2.08. The van der Waals surface area contributed by atoms with Crippen molar-refractivity contribution in [2.75, 3.05) is 0 Å². The number of hydrogen-bond donors (Lipinski definition) is 2. The molecule has 0 atom stereocenters. The second-order valence-corrected chi connectivity index (χ2v) is 7.62. The summed E-state index contributed by atoms with van der Waals surface area (Å²) < 4.78 is 27.4. The molecular weight excluding hydrogens is 292 g/mol. The molecule has 1 fully saturated rings. The minimum Gasteiger partial charge on any atom is -0.389 e. The van der Waals surface area contributed by atoms with Gasteiger partial charge in [0.05, 0.1) is 4.90 Å². The Kier molecular flexibility index (Phi) is 4.78. The van der Waals surface area contributed by atoms with Crippen molar-refractivity contribution < 1.29 is 8.42 Å². The predicted octanol–water partition coefficient (Wildman–Crippen LogP) is 2.18. The van der Waals surface area contributed by atoms with Crippen LogP contribution in [-0.4, -0.2) is 19.4 Å². The first-order valence-corrected chi connectivity index (χ1v) is 8.70. The Labute approximate surface area is 125 Å². The van der Waals surface area contributed by atoms with Crippen LogP contribution in [0, 0.1) is 5.92 Å². The van der Waals surface area contributed by atoms with Gasteiger partial charge in [-0.2, -0.15) is 0 Å². The fourth-order valence-corrected chi connectivity index (χ4v) is 3.90. The highest BCUT2D eigenvalue weighted by Gasteiger charge is 2.24. The van der Waals surface area contributed by atoms with E-state index in [9.17, 15) is 8.42 Å². The third-order valence-corrected chi connectivity index (χ3v) is 5.56. The zero-order valence-corrected chi connectivity index (χ0v) is 13.1. The van der Waals surface area contributed by atoms with Gasteiger partial charge in [-0.15, -0.1) is 0 Å². The van der Waals surface area contributed by atoms with Gasteiger partial charge in [0.25, 0.3) is 0 Å². The summed E-state index contributed by atoms with van der Waals surface area (Å²) >= 11 is 4.85. The van der Waals surface area contributed by atoms with Crippen molar-refractivity contribution in [3.8, 4) is 0 Å². The molecule has 6 heteroatoms. The molecule has 3 N–H and O–H groups in total. The zero-order chi connectivity index (χ0) is 14.8. The van der Waals surface area contributed by atoms with E-state index >= 15 is 0 Å². The highest BCUT2D eigenvalue weighted by molar-refractivity contribution is 7.89. The van der Waals surface area contributed by atoms with Gasteiger partial charge in [0.2, 0.25) is 10.0 Å². The van der Waals surface area contributed by atoms with Crippen LogP contribution in [0.25, 0.3) is 0 Å². The van der Waals surface area contributed by atoms with Crippen LogP contribution in [0.5, 0.6) is 0 Å². The number of benzene rings is 1. The molecule has 0 spiro atoms. The lowest BCUT2D eigenvalue weighted by Gasteiger charge is -2.26. The molecule has 1 saturated carbocycles. The molecular formula is C14H20N2O2S2. The van der Waals surface area contributed by atoms with Crippen LogP contribution in [0.4, 0.5) is 0 Å². The van der Waals surface area contributed by atoms with Gasteiger partial charge >= 0.3 is 0 Å². The lowest BCUT2D eigenvalue weighted by molar-refractivity contribution is 0.332. The average Bonchev–Trinajstić information content (AvgIpc) is 2.41. The van der Waals surface area contributed by atoms with Crippen LogP contribution in [0.3, 0.4) is 0 Å². The number of nitrogens with two attached hydrogens (primary N) is 1. The molecule has 0 amide bonds. The van der Waals surface area contributed by atoms with Crippen molar-refractivity contribution in [2.45, 2.75) is 43.5 Å². The molecule has 1 aromatic rings. The summed E-state index contributed by atoms with van der Waals surface area (Å²) in [7, 11) is -3.45. The number of sulfonamides is 1. The van der Waals surface area contributed by atoms with Crippen molar-refractivity contribution in [2.24, 2.45) is 11.7 Å². The molecule has 0 heterocycles. The summed E-state index contributed by atoms with van der Waals surface area (Å²) in [6, 6.07) is 6.41. The molecule has 1 aliphatic rings. The zero-order valence-electron chi connectivity index (χ0n) is 11.5. The fraction of sp³-hybridized carbons (Fsp3) is 0.500. The van der Waals surface area contributed by atoms with Gasteiger partial charge in [0.15, 0.2) is 0 Å². The van der Waals surface area contributed by atoms with Crippen LogP contribution >= 0.6 is 12.2 Å². The number of hydrogen-bond acceptors (Lipinski definition) is 3. The van der Waals surface area contributed by atoms with E-state index in [0.29, 0.717) is 11.5 Å². The van der Waals surface area contributed by atoms with Gasteiger partial charge in [0, 0.05) is 11.6 Å². The highest BCUT2D eigenvalue weighted by Crippen LogP contribution is 2.24. The Morgan fingerprint density at radius 2 is 1.75 bits per heavy atom. The van der Waals surface area contributed by atoms with E-state index in [-0.39, 0.29) is 15.9 Å². The van der Waals surface area contributed by atoms with Gasteiger partial charge in [-0.3, -0.25) is 0 Å². The topological polar surface area (TPSA) is 72.2 Å². The summed E-state index contributed by atoms with van der Waals surface area (Å²) in [4.78, 5) is 0.527. The lowest BCUT2D eigenvalue weighted by Crippen LogP contribution is -2.37. The third-order valence-electron chi connectivity index (χ3n) is 3.79. The van der Waals surface area contributed by atoms with Gasteiger partial charge in [-0.05, 0) is 43.7 Å². The minimum atomic E-state index is -3.45. The van der Waals surface area contributed by atoms with Crippen molar-refractivity contribution in [1.29, 1.82) is 0 Å². The van der Waals surface area contributed by atoms with Crippen LogP contribution in [0.2, 0.25) is 0 Å². The Morgan fingerprint density at radius 3 is 2.25 bits per heavy atom. The molecule has 0 saturated heterocycles. The maximum Gasteiger partial charge on any atom is 0.240 e. The maximum atomic E-state index is 12.3. The molecule has 1 aliphatic carbocycles. The Bertz CT molecular complexity index is 574. The minimum absolute atomic E-state index is 0.0476. The van der Waals surface area contributed by atoms with Crippen LogP contribution in [0.15, 0.2) is 29.2 Å². The van der Waals surface area contributed by atoms with E-state index in [0.717, 1.165) is 25.7 Å². The van der Waals surface area contributed by atoms with Gasteiger partial charge in [-0.1, -0.05) is 31.3 Å². The third kappa shape index (κ3) is 3.77. The summed E-state index contributed by atoms with van der Waals surface area (Å²) in [6.45, 7) is 2.21. The summed E-state index contributed by atoms with van der Waals surface area (Å²) in [5.74, 6) is 0.695. The predicted molar refractivity (Wildman–Crippen MR) is 84.1 cm³/mol. The van der Waals surface area contributed by atoms with Crippen LogP contribution in [0.1, 0.15) is 38.2 Å². The maximum absolute atomic E-state index is 12.3. The van der Waals surface area contributed by atoms with E-state index in [4.69, 9.17) is 18.0 Å². The Morgan fingerprint density at radius 1 is 1.20 bits per heavy atom. The fourth-order valence-electron chi connectivity index (χ4n) is 2.46. The quantitative estimate of drug-likeness (QED) is 0.836. The molecule has 1 aromatic carbocycles. The van der Waals surface area contributed by atoms with Crippen molar-refractivity contribution in [3.63, 3.8) is 0 Å². The second kappa shape index (κ2) is 6.20. The van der Waals surface area contributed by atoms with Gasteiger partial charge < -0.3 is 5.73 Å². The first kappa shape index (κ1) is 15.4. The van der Waals surface area contributed by atoms with Crippen LogP contribution < -0.4 is 10.5 Å². The van der Waals surface area contributed by atoms with E-state index in [1.807, 2.05) is 0 Å². The van der Waals surface area contributed by atoms with Crippen molar-refractivity contribution in [3.05, 3.63) is 29.8 Å². The number of nitrogens with one attached hydrogen (secondary N) is 1. The first-order chi connectivity index (χ1) is 9.38. The van der Waals surface area contributed by atoms with E-state index in [1.165, 1.54) is 0 Å². The standard InChI is InChI=1S/C14H20N2O2S2/c1-10-2-6-12(7-3-10)16-20(17,18)13-8-4-11(5-9-13)14(15)19/h4-5,8-10,12,16H,2-3,6-7H2,1H3,(H2,15,19). The molecule has 0 unspecified atom stereocenters. The summed E-state index contributed by atoms with van der Waals surface area (Å²) in [5.41, 5.74) is 6.17. The molecule has 0 aliphatic heterocycles. The molecule has 110 valence electrons. The normalized spacial score (nSPS) is 23.4. The van der Waals surface area contributed by atoms with E-state index in [2.05, 4.69) is 11.6 Å². The number of thiocarbonyl (C=S) groups is 1. The van der Waals surface area contributed by atoms with Gasteiger partial charge in [-0.25, -0.2) is 13.1 Å². The molecule has 0 radical (unpaired) electrons. The summed E-state index contributed by atoms with van der Waals surface area (Å²) in [5, 5.41) is 0.